The van der Waals surface area contributed by atoms with Gasteiger partial charge in [0.05, 0.1) is 15.0 Å². The summed E-state index contributed by atoms with van der Waals surface area (Å²) < 4.78 is 0.980. The third-order valence-corrected chi connectivity index (χ3v) is 4.33. The van der Waals surface area contributed by atoms with Crippen LogP contribution >= 0.6 is 34.4 Å². The number of thioether (sulfide) groups is 1. The van der Waals surface area contributed by atoms with Crippen molar-refractivity contribution in [2.45, 2.75) is 51.0 Å². The van der Waals surface area contributed by atoms with Gasteiger partial charge in [-0.1, -0.05) is 34.6 Å². The summed E-state index contributed by atoms with van der Waals surface area (Å²) in [4.78, 5) is 9.01. The molecule has 2 N–H and O–H groups in total. The van der Waals surface area contributed by atoms with Gasteiger partial charge in [-0.05, 0) is 27.8 Å². The van der Waals surface area contributed by atoms with Crippen LogP contribution in [-0.2, 0) is 11.2 Å². The summed E-state index contributed by atoms with van der Waals surface area (Å²) in [6.07, 6.45) is 0. The molecule has 0 atom stereocenters. The zero-order valence-corrected chi connectivity index (χ0v) is 14.0. The second-order valence-electron chi connectivity index (χ2n) is 5.30. The van der Waals surface area contributed by atoms with Crippen LogP contribution in [0.3, 0.4) is 0 Å². The lowest BCUT2D eigenvalue weighted by Crippen LogP contribution is -2.19. The highest BCUT2D eigenvalue weighted by atomic mass is 127. The molecule has 0 aliphatic carbocycles. The van der Waals surface area contributed by atoms with Crippen molar-refractivity contribution < 1.29 is 0 Å². The van der Waals surface area contributed by atoms with E-state index in [4.69, 9.17) is 5.73 Å². The Hall–Kier alpha value is -0.0400. The number of hydrogen-bond donors (Lipinski definition) is 1. The number of anilines is 1. The van der Waals surface area contributed by atoms with E-state index in [1.54, 1.807) is 0 Å². The summed E-state index contributed by atoms with van der Waals surface area (Å²) in [6.45, 7) is 10.8. The van der Waals surface area contributed by atoms with Crippen LogP contribution in [-0.4, -0.2) is 15.2 Å². The van der Waals surface area contributed by atoms with E-state index < -0.39 is 0 Å². The van der Waals surface area contributed by atoms with Crippen LogP contribution in [0.1, 0.15) is 46.1 Å². The average molecular weight is 365 g/mol. The molecular formula is C12H20IN3S. The van der Waals surface area contributed by atoms with E-state index >= 15 is 0 Å². The van der Waals surface area contributed by atoms with E-state index in [1.807, 2.05) is 11.8 Å². The fraction of sp³-hybridized carbons (Fsp3) is 0.667. The first-order valence-corrected chi connectivity index (χ1v) is 7.78. The molecule has 17 heavy (non-hydrogen) atoms. The summed E-state index contributed by atoms with van der Waals surface area (Å²) in [5, 5.41) is 0.581. The van der Waals surface area contributed by atoms with Gasteiger partial charge in [-0.15, -0.1) is 0 Å². The number of halogens is 1. The first kappa shape index (κ1) is 15.0. The minimum absolute atomic E-state index is 0.00479. The van der Waals surface area contributed by atoms with Gasteiger partial charge in [-0.25, -0.2) is 9.97 Å². The predicted molar refractivity (Wildman–Crippen MR) is 84.3 cm³/mol. The number of nitrogens with two attached hydrogens (primary N) is 1. The number of hydrogen-bond acceptors (Lipinski definition) is 4. The quantitative estimate of drug-likeness (QED) is 0.832. The second-order valence-corrected chi connectivity index (χ2v) is 7.94. The van der Waals surface area contributed by atoms with Gasteiger partial charge < -0.3 is 5.73 Å². The molecule has 0 saturated heterocycles. The predicted octanol–water partition coefficient (Wildman–Crippen LogP) is 3.60. The molecule has 5 heteroatoms. The lowest BCUT2D eigenvalue weighted by Gasteiger charge is -2.21. The maximum absolute atomic E-state index is 5.96. The monoisotopic (exact) mass is 365 g/mol. The highest BCUT2D eigenvalue weighted by Gasteiger charge is 2.22. The molecule has 0 bridgehead atoms. The topological polar surface area (TPSA) is 51.8 Å². The Balaban J connectivity index is 3.07. The second kappa shape index (κ2) is 5.73. The zero-order chi connectivity index (χ0) is 13.2. The number of nitrogens with zero attached hydrogens (tertiary/aromatic N) is 2. The Morgan fingerprint density at radius 3 is 2.35 bits per heavy atom. The minimum atomic E-state index is 0.00479. The third kappa shape index (κ3) is 4.28. The van der Waals surface area contributed by atoms with Gasteiger partial charge >= 0.3 is 0 Å². The Labute approximate surface area is 122 Å². The van der Waals surface area contributed by atoms with E-state index in [2.05, 4.69) is 67.2 Å². The molecule has 0 unspecified atom stereocenters. The Bertz CT molecular complexity index is 399. The lowest BCUT2D eigenvalue weighted by molar-refractivity contribution is 0.560. The molecule has 0 spiro atoms. The van der Waals surface area contributed by atoms with Gasteiger partial charge in [-0.3, -0.25) is 0 Å². The molecule has 0 aliphatic heterocycles. The smallest absolute Gasteiger partial charge is 0.140 e. The molecule has 0 radical (unpaired) electrons. The molecule has 1 heterocycles. The van der Waals surface area contributed by atoms with Gasteiger partial charge in [0.15, 0.2) is 0 Å². The van der Waals surface area contributed by atoms with Crippen molar-refractivity contribution in [3.8, 4) is 0 Å². The minimum Gasteiger partial charge on any atom is -0.383 e. The fourth-order valence-corrected chi connectivity index (χ4v) is 2.98. The summed E-state index contributed by atoms with van der Waals surface area (Å²) in [5.74, 6) is 2.26. The maximum atomic E-state index is 5.96. The van der Waals surface area contributed by atoms with Gasteiger partial charge in [0, 0.05) is 5.41 Å². The van der Waals surface area contributed by atoms with E-state index in [0.717, 1.165) is 20.8 Å². The molecule has 1 aromatic rings. The lowest BCUT2D eigenvalue weighted by atomic mass is 9.92. The van der Waals surface area contributed by atoms with Gasteiger partial charge in [0.1, 0.15) is 11.6 Å². The highest BCUT2D eigenvalue weighted by Crippen LogP contribution is 2.29. The molecular weight excluding hydrogens is 345 g/mol. The van der Waals surface area contributed by atoms with E-state index in [9.17, 15) is 0 Å². The van der Waals surface area contributed by atoms with Crippen molar-refractivity contribution in [2.24, 2.45) is 0 Å². The molecule has 0 aromatic carbocycles. The summed E-state index contributed by atoms with van der Waals surface area (Å²) in [7, 11) is 0. The third-order valence-electron chi connectivity index (χ3n) is 2.18. The van der Waals surface area contributed by atoms with E-state index in [0.29, 0.717) is 11.1 Å². The van der Waals surface area contributed by atoms with E-state index in [1.165, 1.54) is 0 Å². The molecule has 0 saturated carbocycles. The Morgan fingerprint density at radius 2 is 1.88 bits per heavy atom. The summed E-state index contributed by atoms with van der Waals surface area (Å²) in [6, 6.07) is 0. The van der Waals surface area contributed by atoms with Crippen molar-refractivity contribution in [3.63, 3.8) is 0 Å². The molecule has 1 aromatic heterocycles. The fourth-order valence-electron chi connectivity index (χ4n) is 1.32. The maximum Gasteiger partial charge on any atom is 0.140 e. The zero-order valence-electron chi connectivity index (χ0n) is 11.0. The molecule has 96 valence electrons. The molecule has 3 nitrogen and oxygen atoms in total. The first-order chi connectivity index (χ1) is 7.71. The van der Waals surface area contributed by atoms with Crippen LogP contribution in [0.4, 0.5) is 5.82 Å². The Morgan fingerprint density at radius 1 is 1.29 bits per heavy atom. The summed E-state index contributed by atoms with van der Waals surface area (Å²) >= 11 is 4.07. The van der Waals surface area contributed by atoms with Crippen LogP contribution < -0.4 is 5.73 Å². The Kier molecular flexibility index (Phi) is 5.07. The van der Waals surface area contributed by atoms with Crippen LogP contribution in [0.2, 0.25) is 0 Å². The van der Waals surface area contributed by atoms with Crippen LogP contribution in [0.25, 0.3) is 0 Å². The van der Waals surface area contributed by atoms with Crippen molar-refractivity contribution in [1.29, 1.82) is 0 Å². The average Bonchev–Trinajstić information content (AvgIpc) is 2.17. The number of aromatic nitrogens is 2. The van der Waals surface area contributed by atoms with Crippen molar-refractivity contribution in [3.05, 3.63) is 15.1 Å². The molecule has 0 fully saturated rings. The molecule has 0 aliphatic rings. The normalized spacial score (nSPS) is 12.2. The summed E-state index contributed by atoms with van der Waals surface area (Å²) in [5.41, 5.74) is 7.01. The van der Waals surface area contributed by atoms with Crippen molar-refractivity contribution >= 4 is 40.2 Å². The van der Waals surface area contributed by atoms with Crippen molar-refractivity contribution in [1.82, 2.24) is 9.97 Å². The van der Waals surface area contributed by atoms with Crippen LogP contribution in [0.15, 0.2) is 0 Å². The highest BCUT2D eigenvalue weighted by molar-refractivity contribution is 14.1. The number of nitrogen functional groups attached to an aromatic ring is 1. The van der Waals surface area contributed by atoms with Gasteiger partial charge in [0.2, 0.25) is 0 Å². The SMILES string of the molecule is CC(C)SCc1nc(N)c(I)c(C(C)(C)C)n1. The number of rotatable bonds is 3. The van der Waals surface area contributed by atoms with Crippen LogP contribution in [0.5, 0.6) is 0 Å². The molecule has 1 rings (SSSR count). The largest absolute Gasteiger partial charge is 0.383 e. The van der Waals surface area contributed by atoms with Gasteiger partial charge in [0.25, 0.3) is 0 Å². The standard InChI is InChI=1S/C12H20IN3S/c1-7(2)17-6-8-15-10(12(3,4)5)9(13)11(14)16-8/h7H,6H2,1-5H3,(H2,14,15,16). The van der Waals surface area contributed by atoms with Gasteiger partial charge in [-0.2, -0.15) is 11.8 Å². The van der Waals surface area contributed by atoms with E-state index in [-0.39, 0.29) is 5.41 Å². The van der Waals surface area contributed by atoms with Crippen LogP contribution in [0, 0.1) is 3.57 Å². The first-order valence-electron chi connectivity index (χ1n) is 5.65. The molecule has 0 amide bonds. The van der Waals surface area contributed by atoms with Crippen molar-refractivity contribution in [2.75, 3.05) is 5.73 Å².